The molecule has 0 saturated heterocycles. The smallest absolute Gasteiger partial charge is 0.157 e. The Hall–Kier alpha value is -4.00. The number of hydrogen-bond donors (Lipinski definition) is 2. The highest BCUT2D eigenvalue weighted by Gasteiger charge is 2.11. The van der Waals surface area contributed by atoms with E-state index in [1.807, 2.05) is 48.5 Å². The zero-order valence-corrected chi connectivity index (χ0v) is 15.4. The highest BCUT2D eigenvalue weighted by Crippen LogP contribution is 2.25. The molecule has 0 amide bonds. The quantitative estimate of drug-likeness (QED) is 0.467. The van der Waals surface area contributed by atoms with Crippen molar-refractivity contribution in [1.82, 2.24) is 24.8 Å². The average Bonchev–Trinajstić information content (AvgIpc) is 3.42. The van der Waals surface area contributed by atoms with Gasteiger partial charge in [-0.05, 0) is 12.1 Å². The molecule has 5 aromatic rings. The summed E-state index contributed by atoms with van der Waals surface area (Å²) < 4.78 is 15.4. The Balaban J connectivity index is 1.48. The van der Waals surface area contributed by atoms with E-state index in [1.54, 1.807) is 23.0 Å². The first-order valence-corrected chi connectivity index (χ1v) is 9.20. The van der Waals surface area contributed by atoms with Gasteiger partial charge in [0.2, 0.25) is 0 Å². The summed E-state index contributed by atoms with van der Waals surface area (Å²) >= 11 is 0. The maximum atomic E-state index is 13.6. The van der Waals surface area contributed by atoms with E-state index >= 15 is 0 Å². The Morgan fingerprint density at radius 3 is 2.69 bits per heavy atom. The number of hydrogen-bond acceptors (Lipinski definition) is 4. The van der Waals surface area contributed by atoms with E-state index in [4.69, 9.17) is 0 Å². The molecule has 0 spiro atoms. The molecule has 0 fully saturated rings. The van der Waals surface area contributed by atoms with Crippen molar-refractivity contribution in [1.29, 1.82) is 0 Å². The van der Waals surface area contributed by atoms with Crippen molar-refractivity contribution in [3.8, 4) is 22.5 Å². The number of aromatic nitrogens is 5. The van der Waals surface area contributed by atoms with Crippen molar-refractivity contribution in [2.45, 2.75) is 6.54 Å². The summed E-state index contributed by atoms with van der Waals surface area (Å²) in [5, 5.41) is 14.9. The van der Waals surface area contributed by atoms with Crippen LogP contribution in [0.25, 0.3) is 28.2 Å². The second-order valence-corrected chi connectivity index (χ2v) is 6.63. The molecule has 0 aliphatic rings. The number of H-pyrrole nitrogens is 1. The van der Waals surface area contributed by atoms with Gasteiger partial charge in [0.05, 0.1) is 23.8 Å². The van der Waals surface area contributed by atoms with Crippen LogP contribution < -0.4 is 5.32 Å². The standard InChI is InChI=1S/C22H17FN6/c23-18-8-4-7-16(11-18)22-17(14-25-28-22)13-24-21-12-19(15-5-2-1-3-6-15)27-20-9-10-26-29(20)21/h1-12,14,24H,13H2,(H,25,28). The Morgan fingerprint density at radius 1 is 0.966 bits per heavy atom. The van der Waals surface area contributed by atoms with Crippen LogP contribution in [-0.2, 0) is 6.54 Å². The first kappa shape index (κ1) is 17.1. The van der Waals surface area contributed by atoms with Gasteiger partial charge in [0.1, 0.15) is 11.6 Å². The van der Waals surface area contributed by atoms with Gasteiger partial charge in [-0.3, -0.25) is 5.10 Å². The van der Waals surface area contributed by atoms with Crippen molar-refractivity contribution >= 4 is 11.5 Å². The minimum absolute atomic E-state index is 0.282. The first-order valence-electron chi connectivity index (χ1n) is 9.20. The van der Waals surface area contributed by atoms with Gasteiger partial charge in [-0.15, -0.1) is 0 Å². The molecule has 0 radical (unpaired) electrons. The third-order valence-corrected chi connectivity index (χ3v) is 4.72. The minimum Gasteiger partial charge on any atom is -0.366 e. The number of halogens is 1. The summed E-state index contributed by atoms with van der Waals surface area (Å²) in [5.41, 5.74) is 5.11. The third-order valence-electron chi connectivity index (χ3n) is 4.72. The summed E-state index contributed by atoms with van der Waals surface area (Å²) in [6.07, 6.45) is 3.46. The van der Waals surface area contributed by atoms with E-state index in [1.165, 1.54) is 12.1 Å². The van der Waals surface area contributed by atoms with Crippen LogP contribution >= 0.6 is 0 Å². The highest BCUT2D eigenvalue weighted by molar-refractivity contribution is 5.67. The summed E-state index contributed by atoms with van der Waals surface area (Å²) in [6.45, 7) is 0.496. The molecular formula is C22H17FN6. The fourth-order valence-corrected chi connectivity index (χ4v) is 3.32. The number of rotatable bonds is 5. The number of nitrogens with zero attached hydrogens (tertiary/aromatic N) is 4. The molecule has 3 aromatic heterocycles. The molecule has 7 heteroatoms. The largest absolute Gasteiger partial charge is 0.366 e. The number of benzene rings is 2. The lowest BCUT2D eigenvalue weighted by Crippen LogP contribution is -2.07. The second kappa shape index (κ2) is 7.20. The molecule has 5 rings (SSSR count). The molecule has 142 valence electrons. The molecule has 0 aliphatic carbocycles. The van der Waals surface area contributed by atoms with Gasteiger partial charge in [-0.1, -0.05) is 42.5 Å². The average molecular weight is 384 g/mol. The van der Waals surface area contributed by atoms with Crippen LogP contribution in [0.15, 0.2) is 79.1 Å². The molecule has 3 heterocycles. The third kappa shape index (κ3) is 3.34. The van der Waals surface area contributed by atoms with Crippen molar-refractivity contribution in [2.75, 3.05) is 5.32 Å². The molecule has 2 aromatic carbocycles. The maximum Gasteiger partial charge on any atom is 0.157 e. The minimum atomic E-state index is -0.282. The number of aromatic amines is 1. The number of anilines is 1. The topological polar surface area (TPSA) is 70.9 Å². The van der Waals surface area contributed by atoms with Crippen molar-refractivity contribution in [3.63, 3.8) is 0 Å². The van der Waals surface area contributed by atoms with E-state index in [0.29, 0.717) is 6.54 Å². The van der Waals surface area contributed by atoms with Crippen molar-refractivity contribution < 1.29 is 4.39 Å². The zero-order valence-electron chi connectivity index (χ0n) is 15.4. The molecule has 29 heavy (non-hydrogen) atoms. The molecular weight excluding hydrogens is 367 g/mol. The summed E-state index contributed by atoms with van der Waals surface area (Å²) in [5.74, 6) is 0.529. The number of fused-ring (bicyclic) bond motifs is 1. The van der Waals surface area contributed by atoms with Crippen LogP contribution in [0.2, 0.25) is 0 Å². The summed E-state index contributed by atoms with van der Waals surface area (Å²) in [6, 6.07) is 20.3. The molecule has 2 N–H and O–H groups in total. The van der Waals surface area contributed by atoms with Crippen LogP contribution in [0.3, 0.4) is 0 Å². The zero-order chi connectivity index (χ0) is 19.6. The van der Waals surface area contributed by atoms with E-state index < -0.39 is 0 Å². The second-order valence-electron chi connectivity index (χ2n) is 6.63. The van der Waals surface area contributed by atoms with Gasteiger partial charge in [0.25, 0.3) is 0 Å². The molecule has 6 nitrogen and oxygen atoms in total. The van der Waals surface area contributed by atoms with Crippen LogP contribution in [0.5, 0.6) is 0 Å². The van der Waals surface area contributed by atoms with Crippen molar-refractivity contribution in [2.24, 2.45) is 0 Å². The van der Waals surface area contributed by atoms with Gasteiger partial charge >= 0.3 is 0 Å². The first-order chi connectivity index (χ1) is 14.3. The Bertz CT molecular complexity index is 1270. The van der Waals surface area contributed by atoms with Gasteiger partial charge in [-0.2, -0.15) is 14.7 Å². The van der Waals surface area contributed by atoms with Gasteiger partial charge < -0.3 is 5.32 Å². The van der Waals surface area contributed by atoms with E-state index in [0.717, 1.165) is 39.5 Å². The molecule has 0 bridgehead atoms. The van der Waals surface area contributed by atoms with Crippen LogP contribution in [0.4, 0.5) is 10.2 Å². The van der Waals surface area contributed by atoms with Gasteiger partial charge in [0, 0.05) is 35.4 Å². The van der Waals surface area contributed by atoms with Gasteiger partial charge in [0.15, 0.2) is 5.65 Å². The fourth-order valence-electron chi connectivity index (χ4n) is 3.32. The maximum absolute atomic E-state index is 13.6. The predicted octanol–water partition coefficient (Wildman–Crippen LogP) is 4.54. The fraction of sp³-hybridized carbons (Fsp3) is 0.0455. The Kier molecular flexibility index (Phi) is 4.25. The predicted molar refractivity (Wildman–Crippen MR) is 110 cm³/mol. The number of nitrogens with one attached hydrogen (secondary N) is 2. The lowest BCUT2D eigenvalue weighted by Gasteiger charge is -2.11. The SMILES string of the molecule is Fc1cccc(-c2[nH]ncc2CNc2cc(-c3ccccc3)nc3ccnn23)c1. The van der Waals surface area contributed by atoms with Crippen LogP contribution in [0.1, 0.15) is 5.56 Å². The molecule has 0 aliphatic heterocycles. The molecule has 0 unspecified atom stereocenters. The van der Waals surface area contributed by atoms with Crippen molar-refractivity contribution in [3.05, 3.63) is 90.5 Å². The normalized spacial score (nSPS) is 11.1. The Morgan fingerprint density at radius 2 is 1.83 bits per heavy atom. The summed E-state index contributed by atoms with van der Waals surface area (Å²) in [7, 11) is 0. The van der Waals surface area contributed by atoms with E-state index in [2.05, 4.69) is 25.6 Å². The van der Waals surface area contributed by atoms with Crippen LogP contribution in [-0.4, -0.2) is 24.8 Å². The monoisotopic (exact) mass is 384 g/mol. The van der Waals surface area contributed by atoms with E-state index in [9.17, 15) is 4.39 Å². The summed E-state index contributed by atoms with van der Waals surface area (Å²) in [4.78, 5) is 4.69. The molecule has 0 saturated carbocycles. The lowest BCUT2D eigenvalue weighted by atomic mass is 10.1. The lowest BCUT2D eigenvalue weighted by molar-refractivity contribution is 0.628. The highest BCUT2D eigenvalue weighted by atomic mass is 19.1. The Labute approximate surface area is 166 Å². The molecule has 0 atom stereocenters. The van der Waals surface area contributed by atoms with E-state index in [-0.39, 0.29) is 5.82 Å². The van der Waals surface area contributed by atoms with Crippen LogP contribution in [0, 0.1) is 5.82 Å². The van der Waals surface area contributed by atoms with Gasteiger partial charge in [-0.25, -0.2) is 9.37 Å².